The molecular formula is C24H25BrO8. The molecule has 0 aliphatic heterocycles. The number of rotatable bonds is 7. The molecule has 176 valence electrons. The minimum atomic E-state index is -2.21. The number of Topliss-reactive ketones (excluding diaryl/α,β-unsaturated/α-hetero) is 1. The second-order valence-electron chi connectivity index (χ2n) is 7.63. The third kappa shape index (κ3) is 4.60. The van der Waals surface area contributed by atoms with Gasteiger partial charge in [0.15, 0.2) is 11.4 Å². The summed E-state index contributed by atoms with van der Waals surface area (Å²) < 4.78 is 22.3. The van der Waals surface area contributed by atoms with Gasteiger partial charge in [-0.15, -0.1) is 0 Å². The molecule has 0 saturated carbocycles. The van der Waals surface area contributed by atoms with Crippen LogP contribution in [0.15, 0.2) is 40.9 Å². The first kappa shape index (κ1) is 24.7. The van der Waals surface area contributed by atoms with Crippen LogP contribution in [0.5, 0.6) is 11.5 Å². The van der Waals surface area contributed by atoms with E-state index in [2.05, 4.69) is 15.9 Å². The molecule has 0 amide bonds. The first-order chi connectivity index (χ1) is 15.6. The molecule has 0 saturated heterocycles. The number of hydrogen-bond donors (Lipinski definition) is 1. The number of ketones is 1. The second-order valence-corrected chi connectivity index (χ2v) is 8.49. The summed E-state index contributed by atoms with van der Waals surface area (Å²) in [5.41, 5.74) is -1.04. The predicted octanol–water partition coefficient (Wildman–Crippen LogP) is 3.41. The number of hydrogen-bond acceptors (Lipinski definition) is 8. The van der Waals surface area contributed by atoms with Crippen LogP contribution >= 0.6 is 15.9 Å². The first-order valence-corrected chi connectivity index (χ1v) is 11.0. The van der Waals surface area contributed by atoms with Crippen molar-refractivity contribution in [1.82, 2.24) is 0 Å². The molecule has 2 aromatic carbocycles. The quantitative estimate of drug-likeness (QED) is 0.553. The number of esters is 2. The lowest BCUT2D eigenvalue weighted by atomic mass is 9.74. The minimum Gasteiger partial charge on any atom is -0.496 e. The van der Waals surface area contributed by atoms with Gasteiger partial charge in [0, 0.05) is 23.6 Å². The Bertz CT molecular complexity index is 1070. The van der Waals surface area contributed by atoms with E-state index in [1.54, 1.807) is 36.4 Å². The number of halogens is 1. The summed E-state index contributed by atoms with van der Waals surface area (Å²) >= 11 is 3.39. The Morgan fingerprint density at radius 3 is 2.33 bits per heavy atom. The van der Waals surface area contributed by atoms with Crippen molar-refractivity contribution in [2.45, 2.75) is 44.5 Å². The van der Waals surface area contributed by atoms with Crippen LogP contribution in [0.4, 0.5) is 0 Å². The van der Waals surface area contributed by atoms with E-state index in [1.807, 2.05) is 0 Å². The highest BCUT2D eigenvalue weighted by molar-refractivity contribution is 9.10. The predicted molar refractivity (Wildman–Crippen MR) is 121 cm³/mol. The average molecular weight is 521 g/mol. The van der Waals surface area contributed by atoms with Crippen molar-refractivity contribution in [1.29, 1.82) is 0 Å². The van der Waals surface area contributed by atoms with Gasteiger partial charge in [0.1, 0.15) is 17.6 Å². The Hall–Kier alpha value is -2.91. The molecule has 8 nitrogen and oxygen atoms in total. The largest absolute Gasteiger partial charge is 0.496 e. The fraction of sp³-hybridized carbons (Fsp3) is 0.375. The molecule has 0 fully saturated rings. The van der Waals surface area contributed by atoms with Gasteiger partial charge in [-0.2, -0.15) is 0 Å². The van der Waals surface area contributed by atoms with Crippen LogP contribution < -0.4 is 9.47 Å². The van der Waals surface area contributed by atoms with Gasteiger partial charge in [0.2, 0.25) is 6.10 Å². The van der Waals surface area contributed by atoms with E-state index in [0.717, 1.165) is 0 Å². The highest BCUT2D eigenvalue weighted by Crippen LogP contribution is 2.49. The highest BCUT2D eigenvalue weighted by Gasteiger charge is 2.53. The Morgan fingerprint density at radius 2 is 1.79 bits per heavy atom. The Labute approximate surface area is 199 Å². The van der Waals surface area contributed by atoms with Crippen molar-refractivity contribution >= 4 is 33.7 Å². The maximum absolute atomic E-state index is 13.1. The van der Waals surface area contributed by atoms with E-state index in [4.69, 9.17) is 18.9 Å². The molecule has 2 aromatic rings. The molecule has 3 rings (SSSR count). The molecule has 0 radical (unpaired) electrons. The van der Waals surface area contributed by atoms with Crippen molar-refractivity contribution in [3.8, 4) is 11.5 Å². The third-order valence-corrected chi connectivity index (χ3v) is 6.21. The Balaban J connectivity index is 2.06. The lowest BCUT2D eigenvalue weighted by molar-refractivity contribution is -0.187. The molecular weight excluding hydrogens is 496 g/mol. The van der Waals surface area contributed by atoms with Crippen molar-refractivity contribution in [3.05, 3.63) is 57.6 Å². The summed E-state index contributed by atoms with van der Waals surface area (Å²) in [6.07, 6.45) is -2.11. The highest BCUT2D eigenvalue weighted by atomic mass is 79.9. The van der Waals surface area contributed by atoms with E-state index in [-0.39, 0.29) is 17.7 Å². The van der Waals surface area contributed by atoms with Crippen LogP contribution in [0.2, 0.25) is 0 Å². The lowest BCUT2D eigenvalue weighted by Gasteiger charge is -2.40. The summed E-state index contributed by atoms with van der Waals surface area (Å²) in [5, 5.41) is 11.7. The van der Waals surface area contributed by atoms with Gasteiger partial charge in [-0.1, -0.05) is 30.3 Å². The van der Waals surface area contributed by atoms with Gasteiger partial charge in [-0.05, 0) is 41.8 Å². The molecule has 1 aliphatic rings. The van der Waals surface area contributed by atoms with E-state index in [9.17, 15) is 19.5 Å². The SMILES string of the molecule is COc1cc(Br)c(OC)c2c1CC[C@@H](OC(=O)[C@@H](OC(C)=O)c1ccccc1)[C@]2(O)C(C)=O. The maximum atomic E-state index is 13.1. The number of aliphatic hydroxyl groups is 1. The lowest BCUT2D eigenvalue weighted by Crippen LogP contribution is -2.51. The van der Waals surface area contributed by atoms with Crippen LogP contribution in [-0.4, -0.2) is 43.2 Å². The molecule has 1 N–H and O–H groups in total. The molecule has 0 heterocycles. The van der Waals surface area contributed by atoms with Crippen LogP contribution in [0.25, 0.3) is 0 Å². The topological polar surface area (TPSA) is 108 Å². The van der Waals surface area contributed by atoms with Crippen molar-refractivity contribution in [3.63, 3.8) is 0 Å². The van der Waals surface area contributed by atoms with Crippen molar-refractivity contribution in [2.24, 2.45) is 0 Å². The monoisotopic (exact) mass is 520 g/mol. The maximum Gasteiger partial charge on any atom is 0.352 e. The Morgan fingerprint density at radius 1 is 1.12 bits per heavy atom. The summed E-state index contributed by atoms with van der Waals surface area (Å²) in [7, 11) is 2.90. The van der Waals surface area contributed by atoms with E-state index < -0.39 is 35.5 Å². The van der Waals surface area contributed by atoms with Gasteiger partial charge in [0.25, 0.3) is 0 Å². The van der Waals surface area contributed by atoms with Crippen LogP contribution in [0, 0.1) is 0 Å². The molecule has 0 bridgehead atoms. The van der Waals surface area contributed by atoms with E-state index >= 15 is 0 Å². The number of benzene rings is 2. The third-order valence-electron chi connectivity index (χ3n) is 5.62. The van der Waals surface area contributed by atoms with Gasteiger partial charge in [-0.3, -0.25) is 9.59 Å². The zero-order chi connectivity index (χ0) is 24.3. The number of methoxy groups -OCH3 is 2. The zero-order valence-electron chi connectivity index (χ0n) is 18.7. The first-order valence-electron chi connectivity index (χ1n) is 10.2. The number of ether oxygens (including phenoxy) is 4. The van der Waals surface area contributed by atoms with E-state index in [1.165, 1.54) is 28.1 Å². The average Bonchev–Trinajstić information content (AvgIpc) is 2.79. The fourth-order valence-electron chi connectivity index (χ4n) is 4.12. The van der Waals surface area contributed by atoms with Gasteiger partial charge in [-0.25, -0.2) is 4.79 Å². The van der Waals surface area contributed by atoms with Gasteiger partial charge < -0.3 is 24.1 Å². The number of fused-ring (bicyclic) bond motifs is 1. The smallest absolute Gasteiger partial charge is 0.352 e. The van der Waals surface area contributed by atoms with Crippen molar-refractivity contribution < 1.29 is 38.4 Å². The van der Waals surface area contributed by atoms with Crippen LogP contribution in [-0.2, 0) is 35.9 Å². The van der Waals surface area contributed by atoms with Crippen LogP contribution in [0.1, 0.15) is 43.1 Å². The summed E-state index contributed by atoms with van der Waals surface area (Å²) in [5.74, 6) is -1.51. The van der Waals surface area contributed by atoms with Crippen LogP contribution in [0.3, 0.4) is 0 Å². The minimum absolute atomic E-state index is 0.136. The normalized spacial score (nSPS) is 20.2. The summed E-state index contributed by atoms with van der Waals surface area (Å²) in [4.78, 5) is 37.6. The van der Waals surface area contributed by atoms with E-state index in [0.29, 0.717) is 27.8 Å². The van der Waals surface area contributed by atoms with Gasteiger partial charge >= 0.3 is 11.9 Å². The number of carbonyl (C=O) groups excluding carboxylic acids is 3. The second kappa shape index (κ2) is 9.93. The van der Waals surface area contributed by atoms with Gasteiger partial charge in [0.05, 0.1) is 18.7 Å². The molecule has 0 spiro atoms. The molecule has 0 aromatic heterocycles. The molecule has 3 atom stereocenters. The Kier molecular flexibility index (Phi) is 7.44. The summed E-state index contributed by atoms with van der Waals surface area (Å²) in [6, 6.07) is 10.1. The fourth-order valence-corrected chi connectivity index (χ4v) is 4.69. The standard InChI is InChI=1S/C24H25BrO8/c1-13(26)24(29)19(11-10-16-18(30-3)12-17(25)22(31-4)20(16)24)33-23(28)21(32-14(2)27)15-8-6-5-7-9-15/h5-9,12,19,21,29H,10-11H2,1-4H3/t19-,21+,24-/m1/s1. The molecule has 1 aliphatic carbocycles. The zero-order valence-corrected chi connectivity index (χ0v) is 20.3. The van der Waals surface area contributed by atoms with Crippen molar-refractivity contribution in [2.75, 3.05) is 14.2 Å². The molecule has 9 heteroatoms. The number of carbonyl (C=O) groups is 3. The summed E-state index contributed by atoms with van der Waals surface area (Å²) in [6.45, 7) is 2.39. The molecule has 0 unspecified atom stereocenters. The molecule has 33 heavy (non-hydrogen) atoms.